The van der Waals surface area contributed by atoms with E-state index in [1.54, 1.807) is 0 Å². The molecule has 12 heavy (non-hydrogen) atoms. The molecule has 0 bridgehead atoms. The summed E-state index contributed by atoms with van der Waals surface area (Å²) < 4.78 is 0. The van der Waals surface area contributed by atoms with Crippen molar-refractivity contribution >= 4 is 0 Å². The zero-order valence-electron chi connectivity index (χ0n) is 8.82. The summed E-state index contributed by atoms with van der Waals surface area (Å²) in [5.74, 6) is 0. The van der Waals surface area contributed by atoms with Gasteiger partial charge in [0.1, 0.15) is 0 Å². The van der Waals surface area contributed by atoms with Crippen LogP contribution in [0, 0.1) is 0 Å². The normalized spacial score (nSPS) is 9.92. The first kappa shape index (κ1) is 11.5. The highest BCUT2D eigenvalue weighted by Gasteiger charge is 2.00. The molecule has 1 nitrogen and oxygen atoms in total. The van der Waals surface area contributed by atoms with Crippen molar-refractivity contribution in [1.82, 2.24) is 0 Å². The minimum absolute atomic E-state index is 1.08. The van der Waals surface area contributed by atoms with E-state index in [-0.39, 0.29) is 0 Å². The van der Waals surface area contributed by atoms with E-state index in [0.717, 1.165) is 12.1 Å². The molecule has 0 saturated carbocycles. The van der Waals surface area contributed by atoms with Gasteiger partial charge in [-0.15, -0.1) is 0 Å². The smallest absolute Gasteiger partial charge is 0.00722 e. The van der Waals surface area contributed by atoms with Gasteiger partial charge in [0.05, 0.1) is 0 Å². The van der Waals surface area contributed by atoms with Crippen LogP contribution in [-0.2, 0) is 0 Å². The minimum Gasteiger partial charge on any atom is -0.402 e. The van der Waals surface area contributed by atoms with Crippen LogP contribution in [0.4, 0.5) is 0 Å². The Hall–Kier alpha value is -0.460. The fourth-order valence-corrected chi connectivity index (χ4v) is 1.50. The second-order valence-corrected chi connectivity index (χ2v) is 3.38. The lowest BCUT2D eigenvalue weighted by atomic mass is 10.0. The van der Waals surface area contributed by atoms with E-state index in [1.807, 2.05) is 0 Å². The molecule has 0 heterocycles. The summed E-state index contributed by atoms with van der Waals surface area (Å²) in [6.45, 7) is 6.62. The summed E-state index contributed by atoms with van der Waals surface area (Å²) >= 11 is 0. The molecule has 0 amide bonds. The van der Waals surface area contributed by atoms with Gasteiger partial charge in [0, 0.05) is 5.70 Å². The van der Waals surface area contributed by atoms with Crippen LogP contribution in [0.1, 0.15) is 59.3 Å². The highest BCUT2D eigenvalue weighted by Crippen LogP contribution is 2.16. The lowest BCUT2D eigenvalue weighted by Gasteiger charge is -2.09. The molecule has 0 unspecified atom stereocenters. The van der Waals surface area contributed by atoms with Gasteiger partial charge in [-0.2, -0.15) is 0 Å². The standard InChI is InChI=1S/C11H23N/c1-4-7-10(8-5-2)11(12)9-6-3/h4-9,12H2,1-3H3. The molecule has 0 spiro atoms. The molecule has 0 aromatic rings. The Balaban J connectivity index is 4.11. The molecule has 0 aliphatic rings. The summed E-state index contributed by atoms with van der Waals surface area (Å²) in [6, 6.07) is 0. The molecule has 0 saturated heterocycles. The van der Waals surface area contributed by atoms with Crippen LogP contribution < -0.4 is 5.73 Å². The van der Waals surface area contributed by atoms with Gasteiger partial charge in [0.25, 0.3) is 0 Å². The Kier molecular flexibility index (Phi) is 6.93. The van der Waals surface area contributed by atoms with E-state index in [2.05, 4.69) is 20.8 Å². The van der Waals surface area contributed by atoms with Gasteiger partial charge in [-0.05, 0) is 19.3 Å². The summed E-state index contributed by atoms with van der Waals surface area (Å²) in [6.07, 6.45) is 7.08. The highest BCUT2D eigenvalue weighted by molar-refractivity contribution is 5.10. The number of rotatable bonds is 6. The first-order chi connectivity index (χ1) is 5.76. The number of allylic oxidation sites excluding steroid dienone is 2. The molecular formula is C11H23N. The molecule has 0 aromatic heterocycles. The molecule has 0 aromatic carbocycles. The molecule has 0 fully saturated rings. The molecule has 1 heteroatoms. The molecule has 0 rings (SSSR count). The zero-order valence-corrected chi connectivity index (χ0v) is 8.82. The summed E-state index contributed by atoms with van der Waals surface area (Å²) in [5.41, 5.74) is 8.64. The van der Waals surface area contributed by atoms with Crippen LogP contribution in [-0.4, -0.2) is 0 Å². The van der Waals surface area contributed by atoms with Crippen LogP contribution in [0.25, 0.3) is 0 Å². The van der Waals surface area contributed by atoms with E-state index >= 15 is 0 Å². The summed E-state index contributed by atoms with van der Waals surface area (Å²) in [5, 5.41) is 0. The maximum absolute atomic E-state index is 5.98. The van der Waals surface area contributed by atoms with E-state index in [4.69, 9.17) is 5.73 Å². The monoisotopic (exact) mass is 169 g/mol. The van der Waals surface area contributed by atoms with Crippen molar-refractivity contribution in [2.24, 2.45) is 5.73 Å². The van der Waals surface area contributed by atoms with E-state index in [0.29, 0.717) is 0 Å². The number of nitrogens with two attached hydrogens (primary N) is 1. The quantitative estimate of drug-likeness (QED) is 0.646. The van der Waals surface area contributed by atoms with Crippen LogP contribution in [0.2, 0.25) is 0 Å². The third kappa shape index (κ3) is 4.42. The maximum Gasteiger partial charge on any atom is 0.00722 e. The van der Waals surface area contributed by atoms with E-state index in [9.17, 15) is 0 Å². The number of hydrogen-bond acceptors (Lipinski definition) is 1. The molecule has 0 radical (unpaired) electrons. The van der Waals surface area contributed by atoms with Crippen LogP contribution >= 0.6 is 0 Å². The predicted octanol–water partition coefficient (Wildman–Crippen LogP) is 3.60. The van der Waals surface area contributed by atoms with Crippen LogP contribution in [0.3, 0.4) is 0 Å². The lowest BCUT2D eigenvalue weighted by Crippen LogP contribution is -2.02. The third-order valence-corrected chi connectivity index (χ3v) is 2.08. The molecule has 2 N–H and O–H groups in total. The van der Waals surface area contributed by atoms with Crippen molar-refractivity contribution in [1.29, 1.82) is 0 Å². The molecule has 72 valence electrons. The zero-order chi connectivity index (χ0) is 9.40. The fraction of sp³-hybridized carbons (Fsp3) is 0.818. The predicted molar refractivity (Wildman–Crippen MR) is 55.9 cm³/mol. The van der Waals surface area contributed by atoms with Crippen molar-refractivity contribution in [3.8, 4) is 0 Å². The summed E-state index contributed by atoms with van der Waals surface area (Å²) in [4.78, 5) is 0. The van der Waals surface area contributed by atoms with Gasteiger partial charge in [0.2, 0.25) is 0 Å². The third-order valence-electron chi connectivity index (χ3n) is 2.08. The van der Waals surface area contributed by atoms with Crippen LogP contribution in [0.5, 0.6) is 0 Å². The minimum atomic E-state index is 1.08. The molecule has 0 aliphatic carbocycles. The lowest BCUT2D eigenvalue weighted by molar-refractivity contribution is 0.758. The summed E-state index contributed by atoms with van der Waals surface area (Å²) in [7, 11) is 0. The van der Waals surface area contributed by atoms with Crippen molar-refractivity contribution in [3.63, 3.8) is 0 Å². The molecular weight excluding hydrogens is 146 g/mol. The molecule has 0 aliphatic heterocycles. The van der Waals surface area contributed by atoms with E-state index < -0.39 is 0 Å². The topological polar surface area (TPSA) is 26.0 Å². The van der Waals surface area contributed by atoms with Gasteiger partial charge in [-0.25, -0.2) is 0 Å². The Morgan fingerprint density at radius 3 is 1.58 bits per heavy atom. The average Bonchev–Trinajstić information content (AvgIpc) is 2.04. The Bertz CT molecular complexity index is 128. The SMILES string of the molecule is CCCC(N)=C(CCC)CCC. The van der Waals surface area contributed by atoms with E-state index in [1.165, 1.54) is 37.7 Å². The Morgan fingerprint density at radius 1 is 0.833 bits per heavy atom. The van der Waals surface area contributed by atoms with Gasteiger partial charge < -0.3 is 5.73 Å². The van der Waals surface area contributed by atoms with Gasteiger partial charge in [-0.1, -0.05) is 45.6 Å². The van der Waals surface area contributed by atoms with Gasteiger partial charge in [-0.3, -0.25) is 0 Å². The highest BCUT2D eigenvalue weighted by atomic mass is 14.6. The first-order valence-electron chi connectivity index (χ1n) is 5.22. The van der Waals surface area contributed by atoms with Crippen molar-refractivity contribution in [3.05, 3.63) is 11.3 Å². The van der Waals surface area contributed by atoms with Gasteiger partial charge in [0.15, 0.2) is 0 Å². The Labute approximate surface area is 77.0 Å². The van der Waals surface area contributed by atoms with Crippen molar-refractivity contribution < 1.29 is 0 Å². The van der Waals surface area contributed by atoms with Crippen LogP contribution in [0.15, 0.2) is 11.3 Å². The number of hydrogen-bond donors (Lipinski definition) is 1. The van der Waals surface area contributed by atoms with Crippen molar-refractivity contribution in [2.75, 3.05) is 0 Å². The second-order valence-electron chi connectivity index (χ2n) is 3.38. The largest absolute Gasteiger partial charge is 0.402 e. The average molecular weight is 169 g/mol. The molecule has 0 atom stereocenters. The fourth-order valence-electron chi connectivity index (χ4n) is 1.50. The van der Waals surface area contributed by atoms with Crippen molar-refractivity contribution in [2.45, 2.75) is 59.3 Å². The Morgan fingerprint density at radius 2 is 1.25 bits per heavy atom. The maximum atomic E-state index is 5.98. The second kappa shape index (κ2) is 7.20. The van der Waals surface area contributed by atoms with Gasteiger partial charge >= 0.3 is 0 Å². The first-order valence-corrected chi connectivity index (χ1v) is 5.22.